The lowest BCUT2D eigenvalue weighted by molar-refractivity contribution is -0.126. The summed E-state index contributed by atoms with van der Waals surface area (Å²) in [6, 6.07) is 2.30. The number of nitrogens with one attached hydrogen (secondary N) is 2. The van der Waals surface area contributed by atoms with Crippen LogP contribution in [-0.2, 0) is 14.8 Å². The topological polar surface area (TPSA) is 91.4 Å². The van der Waals surface area contributed by atoms with Crippen LogP contribution in [0.1, 0.15) is 20.3 Å². The Kier molecular flexibility index (Phi) is 4.79. The van der Waals surface area contributed by atoms with Crippen LogP contribution < -0.4 is 10.6 Å². The molecule has 1 amide bonds. The molecule has 1 saturated heterocycles. The van der Waals surface area contributed by atoms with Gasteiger partial charge in [0.1, 0.15) is 11.9 Å². The molecule has 8 heteroatoms. The molecule has 0 bridgehead atoms. The molecule has 0 radical (unpaired) electrons. The van der Waals surface area contributed by atoms with E-state index in [4.69, 9.17) is 0 Å². The highest BCUT2D eigenvalue weighted by molar-refractivity contribution is 7.89. The van der Waals surface area contributed by atoms with Gasteiger partial charge in [-0.25, -0.2) is 13.4 Å². The van der Waals surface area contributed by atoms with Gasteiger partial charge in [-0.3, -0.25) is 4.79 Å². The van der Waals surface area contributed by atoms with Crippen molar-refractivity contribution in [3.63, 3.8) is 0 Å². The molecule has 1 aliphatic heterocycles. The predicted octanol–water partition coefficient (Wildman–Crippen LogP) is 0.412. The van der Waals surface area contributed by atoms with E-state index in [0.717, 1.165) is 0 Å². The number of pyridine rings is 1. The van der Waals surface area contributed by atoms with Crippen molar-refractivity contribution in [3.05, 3.63) is 18.3 Å². The van der Waals surface area contributed by atoms with Gasteiger partial charge in [0.2, 0.25) is 15.9 Å². The first-order valence-electron chi connectivity index (χ1n) is 7.00. The average Bonchev–Trinajstić information content (AvgIpc) is 2.47. The second-order valence-electron chi connectivity index (χ2n) is 4.74. The van der Waals surface area contributed by atoms with Gasteiger partial charge in [0.25, 0.3) is 0 Å². The number of carbonyl (C=O) groups excluding carboxylic acids is 1. The smallest absolute Gasteiger partial charge is 0.244 e. The van der Waals surface area contributed by atoms with Crippen molar-refractivity contribution in [2.45, 2.75) is 31.2 Å². The molecular formula is C13H20N4O3S. The molecule has 2 N–H and O–H groups in total. The summed E-state index contributed by atoms with van der Waals surface area (Å²) < 4.78 is 26.8. The zero-order valence-electron chi connectivity index (χ0n) is 12.2. The van der Waals surface area contributed by atoms with Crippen molar-refractivity contribution < 1.29 is 13.2 Å². The standard InChI is InChI=1S/C13H20N4O3S/c1-3-11-13(18)16-7-8-17(11)21(19,20)10-5-6-15-12(9-10)14-4-2/h5-6,9,11H,3-4,7-8H2,1-2H3,(H,14,15)(H,16,18). The molecule has 1 fully saturated rings. The molecule has 0 aromatic carbocycles. The number of nitrogens with zero attached hydrogens (tertiary/aromatic N) is 2. The van der Waals surface area contributed by atoms with Crippen LogP contribution in [0.25, 0.3) is 0 Å². The Bertz CT molecular complexity index is 618. The van der Waals surface area contributed by atoms with Gasteiger partial charge in [-0.1, -0.05) is 6.92 Å². The SMILES string of the molecule is CCNc1cc(S(=O)(=O)N2CCNC(=O)C2CC)ccn1. The molecule has 0 aliphatic carbocycles. The number of piperazine rings is 1. The van der Waals surface area contributed by atoms with E-state index >= 15 is 0 Å². The van der Waals surface area contributed by atoms with Gasteiger partial charge in [0.15, 0.2) is 0 Å². The van der Waals surface area contributed by atoms with E-state index in [1.807, 2.05) is 6.92 Å². The number of carbonyl (C=O) groups is 1. The second kappa shape index (κ2) is 6.40. The van der Waals surface area contributed by atoms with Crippen LogP contribution in [0.3, 0.4) is 0 Å². The van der Waals surface area contributed by atoms with E-state index in [2.05, 4.69) is 15.6 Å². The van der Waals surface area contributed by atoms with Crippen LogP contribution in [0.2, 0.25) is 0 Å². The summed E-state index contributed by atoms with van der Waals surface area (Å²) in [5, 5.41) is 5.68. The molecule has 1 aromatic rings. The number of hydrogen-bond acceptors (Lipinski definition) is 5. The number of sulfonamides is 1. The molecule has 116 valence electrons. The minimum absolute atomic E-state index is 0.154. The number of aromatic nitrogens is 1. The van der Waals surface area contributed by atoms with Gasteiger partial charge in [0, 0.05) is 31.9 Å². The fourth-order valence-corrected chi connectivity index (χ4v) is 4.03. The fraction of sp³-hybridized carbons (Fsp3) is 0.538. The first kappa shape index (κ1) is 15.7. The van der Waals surface area contributed by atoms with Crippen LogP contribution in [0.5, 0.6) is 0 Å². The van der Waals surface area contributed by atoms with Crippen molar-refractivity contribution in [2.75, 3.05) is 25.0 Å². The highest BCUT2D eigenvalue weighted by atomic mass is 32.2. The third-order valence-corrected chi connectivity index (χ3v) is 5.27. The average molecular weight is 312 g/mol. The maximum atomic E-state index is 12.7. The third kappa shape index (κ3) is 3.16. The molecule has 2 heterocycles. The second-order valence-corrected chi connectivity index (χ2v) is 6.63. The van der Waals surface area contributed by atoms with Crippen molar-refractivity contribution in [1.29, 1.82) is 0 Å². The molecule has 7 nitrogen and oxygen atoms in total. The molecular weight excluding hydrogens is 292 g/mol. The maximum Gasteiger partial charge on any atom is 0.244 e. The highest BCUT2D eigenvalue weighted by Gasteiger charge is 2.37. The molecule has 0 saturated carbocycles. The number of hydrogen-bond donors (Lipinski definition) is 2. The third-order valence-electron chi connectivity index (χ3n) is 3.36. The van der Waals surface area contributed by atoms with E-state index in [-0.39, 0.29) is 17.3 Å². The molecule has 0 spiro atoms. The van der Waals surface area contributed by atoms with Gasteiger partial charge >= 0.3 is 0 Å². The van der Waals surface area contributed by atoms with E-state index < -0.39 is 16.1 Å². The Balaban J connectivity index is 2.36. The lowest BCUT2D eigenvalue weighted by Crippen LogP contribution is -2.56. The van der Waals surface area contributed by atoms with Gasteiger partial charge < -0.3 is 10.6 Å². The van der Waals surface area contributed by atoms with E-state index in [9.17, 15) is 13.2 Å². The molecule has 2 rings (SSSR count). The summed E-state index contributed by atoms with van der Waals surface area (Å²) in [5.74, 6) is 0.265. The summed E-state index contributed by atoms with van der Waals surface area (Å²) >= 11 is 0. The van der Waals surface area contributed by atoms with Gasteiger partial charge in [-0.15, -0.1) is 0 Å². The van der Waals surface area contributed by atoms with E-state index in [1.165, 1.54) is 22.6 Å². The van der Waals surface area contributed by atoms with Crippen LogP contribution in [0, 0.1) is 0 Å². The molecule has 1 aliphatic rings. The van der Waals surface area contributed by atoms with Crippen molar-refractivity contribution in [3.8, 4) is 0 Å². The largest absolute Gasteiger partial charge is 0.370 e. The zero-order chi connectivity index (χ0) is 15.5. The van der Waals surface area contributed by atoms with Crippen LogP contribution in [-0.4, -0.2) is 49.3 Å². The van der Waals surface area contributed by atoms with Gasteiger partial charge in [-0.05, 0) is 19.4 Å². The van der Waals surface area contributed by atoms with Crippen LogP contribution >= 0.6 is 0 Å². The summed E-state index contributed by atoms with van der Waals surface area (Å²) in [7, 11) is -3.70. The Morgan fingerprint density at radius 3 is 2.90 bits per heavy atom. The van der Waals surface area contributed by atoms with Crippen molar-refractivity contribution in [1.82, 2.24) is 14.6 Å². The van der Waals surface area contributed by atoms with Gasteiger partial charge in [0.05, 0.1) is 4.90 Å². The Hall–Kier alpha value is -1.67. The molecule has 1 aromatic heterocycles. The quantitative estimate of drug-likeness (QED) is 0.822. The first-order chi connectivity index (χ1) is 10.0. The van der Waals surface area contributed by atoms with Crippen LogP contribution in [0.4, 0.5) is 5.82 Å². The molecule has 1 unspecified atom stereocenters. The minimum Gasteiger partial charge on any atom is -0.370 e. The summed E-state index contributed by atoms with van der Waals surface area (Å²) in [4.78, 5) is 16.1. The molecule has 1 atom stereocenters. The lowest BCUT2D eigenvalue weighted by Gasteiger charge is -2.33. The number of rotatable bonds is 5. The number of amides is 1. The predicted molar refractivity (Wildman–Crippen MR) is 79.4 cm³/mol. The number of anilines is 1. The Morgan fingerprint density at radius 2 is 2.24 bits per heavy atom. The first-order valence-corrected chi connectivity index (χ1v) is 8.44. The van der Waals surface area contributed by atoms with Gasteiger partial charge in [-0.2, -0.15) is 4.31 Å². The monoisotopic (exact) mass is 312 g/mol. The lowest BCUT2D eigenvalue weighted by atomic mass is 10.2. The Labute approximate surface area is 124 Å². The fourth-order valence-electron chi connectivity index (χ4n) is 2.36. The van der Waals surface area contributed by atoms with Crippen molar-refractivity contribution in [2.24, 2.45) is 0 Å². The van der Waals surface area contributed by atoms with E-state index in [1.54, 1.807) is 6.92 Å². The highest BCUT2D eigenvalue weighted by Crippen LogP contribution is 2.22. The van der Waals surface area contributed by atoms with E-state index in [0.29, 0.717) is 25.3 Å². The summed E-state index contributed by atoms with van der Waals surface area (Å²) in [6.07, 6.45) is 1.89. The minimum atomic E-state index is -3.70. The normalized spacial score (nSPS) is 20.1. The maximum absolute atomic E-state index is 12.7. The Morgan fingerprint density at radius 1 is 1.48 bits per heavy atom. The van der Waals surface area contributed by atoms with Crippen LogP contribution in [0.15, 0.2) is 23.2 Å². The zero-order valence-corrected chi connectivity index (χ0v) is 13.0. The molecule has 21 heavy (non-hydrogen) atoms. The summed E-state index contributed by atoms with van der Waals surface area (Å²) in [5.41, 5.74) is 0. The summed E-state index contributed by atoms with van der Waals surface area (Å²) in [6.45, 7) is 4.98. The van der Waals surface area contributed by atoms with Crippen molar-refractivity contribution >= 4 is 21.7 Å².